The van der Waals surface area contributed by atoms with Crippen LogP contribution in [0.25, 0.3) is 10.8 Å². The third-order valence-electron chi connectivity index (χ3n) is 3.08. The average Bonchev–Trinajstić information content (AvgIpc) is 2.37. The highest BCUT2D eigenvalue weighted by Gasteiger charge is 2.10. The monoisotopic (exact) mass is 227 g/mol. The van der Waals surface area contributed by atoms with Crippen molar-refractivity contribution in [3.8, 4) is 0 Å². The molecule has 0 fully saturated rings. The molecule has 2 nitrogen and oxygen atoms in total. The Balaban J connectivity index is 2.22. The maximum absolute atomic E-state index is 11.8. The molecule has 17 heavy (non-hydrogen) atoms. The Kier molecular flexibility index (Phi) is 3.43. The van der Waals surface area contributed by atoms with Gasteiger partial charge in [-0.15, -0.1) is 0 Å². The number of fused-ring (bicyclic) bond motifs is 1. The van der Waals surface area contributed by atoms with E-state index in [-0.39, 0.29) is 11.8 Å². The highest BCUT2D eigenvalue weighted by Crippen LogP contribution is 2.19. The van der Waals surface area contributed by atoms with Crippen LogP contribution in [-0.4, -0.2) is 5.91 Å². The van der Waals surface area contributed by atoms with Crippen LogP contribution in [0.1, 0.15) is 20.3 Å². The molecule has 1 amide bonds. The largest absolute Gasteiger partial charge is 0.326 e. The summed E-state index contributed by atoms with van der Waals surface area (Å²) in [5, 5.41) is 5.28. The lowest BCUT2D eigenvalue weighted by atomic mass is 10.1. The molecule has 2 heteroatoms. The van der Waals surface area contributed by atoms with Gasteiger partial charge in [0, 0.05) is 11.6 Å². The predicted octanol–water partition coefficient (Wildman–Crippen LogP) is 3.82. The smallest absolute Gasteiger partial charge is 0.227 e. The summed E-state index contributed by atoms with van der Waals surface area (Å²) in [6.45, 7) is 3.96. The van der Waals surface area contributed by atoms with Crippen LogP contribution in [-0.2, 0) is 4.79 Å². The molecule has 1 N–H and O–H groups in total. The van der Waals surface area contributed by atoms with E-state index in [0.717, 1.165) is 17.5 Å². The fourth-order valence-electron chi connectivity index (χ4n) is 1.72. The topological polar surface area (TPSA) is 29.1 Å². The van der Waals surface area contributed by atoms with Crippen LogP contribution in [0, 0.1) is 5.92 Å². The lowest BCUT2D eigenvalue weighted by molar-refractivity contribution is -0.119. The van der Waals surface area contributed by atoms with Gasteiger partial charge in [-0.2, -0.15) is 0 Å². The fraction of sp³-hybridized carbons (Fsp3) is 0.267. The summed E-state index contributed by atoms with van der Waals surface area (Å²) in [5.74, 6) is 0.143. The summed E-state index contributed by atoms with van der Waals surface area (Å²) in [6.07, 6.45) is 0.861. The molecular weight excluding hydrogens is 210 g/mol. The van der Waals surface area contributed by atoms with Gasteiger partial charge in [-0.05, 0) is 29.3 Å². The van der Waals surface area contributed by atoms with Gasteiger partial charge in [-0.3, -0.25) is 4.79 Å². The molecule has 1 unspecified atom stereocenters. The van der Waals surface area contributed by atoms with Crippen molar-refractivity contribution >= 4 is 22.4 Å². The molecule has 0 aromatic heterocycles. The van der Waals surface area contributed by atoms with Crippen LogP contribution < -0.4 is 5.32 Å². The number of anilines is 1. The summed E-state index contributed by atoms with van der Waals surface area (Å²) in [7, 11) is 0. The van der Waals surface area contributed by atoms with E-state index >= 15 is 0 Å². The van der Waals surface area contributed by atoms with Crippen LogP contribution in [0.15, 0.2) is 42.5 Å². The van der Waals surface area contributed by atoms with Crippen molar-refractivity contribution in [3.63, 3.8) is 0 Å². The molecule has 0 radical (unpaired) electrons. The normalized spacial score (nSPS) is 12.4. The zero-order valence-corrected chi connectivity index (χ0v) is 10.2. The van der Waals surface area contributed by atoms with Gasteiger partial charge < -0.3 is 5.32 Å². The first-order valence-electron chi connectivity index (χ1n) is 6.00. The molecule has 0 aliphatic carbocycles. The predicted molar refractivity (Wildman–Crippen MR) is 72.0 cm³/mol. The Morgan fingerprint density at radius 3 is 2.59 bits per heavy atom. The summed E-state index contributed by atoms with van der Waals surface area (Å²) >= 11 is 0. The second kappa shape index (κ2) is 5.00. The number of amides is 1. The Morgan fingerprint density at radius 2 is 1.88 bits per heavy atom. The zero-order chi connectivity index (χ0) is 12.3. The van der Waals surface area contributed by atoms with Crippen LogP contribution >= 0.6 is 0 Å². The number of nitrogens with one attached hydrogen (secondary N) is 1. The Morgan fingerprint density at radius 1 is 1.18 bits per heavy atom. The molecule has 0 aliphatic rings. The number of carbonyl (C=O) groups is 1. The molecule has 0 spiro atoms. The van der Waals surface area contributed by atoms with Gasteiger partial charge in [-0.25, -0.2) is 0 Å². The minimum atomic E-state index is 0.0569. The molecule has 1 atom stereocenters. The van der Waals surface area contributed by atoms with Gasteiger partial charge >= 0.3 is 0 Å². The summed E-state index contributed by atoms with van der Waals surface area (Å²) in [4.78, 5) is 11.8. The molecule has 2 aromatic rings. The molecule has 0 heterocycles. The number of benzene rings is 2. The second-order valence-electron chi connectivity index (χ2n) is 4.36. The van der Waals surface area contributed by atoms with E-state index in [9.17, 15) is 4.79 Å². The van der Waals surface area contributed by atoms with E-state index < -0.39 is 0 Å². The summed E-state index contributed by atoms with van der Waals surface area (Å²) in [6, 6.07) is 14.1. The van der Waals surface area contributed by atoms with Crippen LogP contribution in [0.2, 0.25) is 0 Å². The van der Waals surface area contributed by atoms with Gasteiger partial charge in [0.1, 0.15) is 0 Å². The van der Waals surface area contributed by atoms with Gasteiger partial charge in [-0.1, -0.05) is 44.2 Å². The maximum atomic E-state index is 11.8. The SMILES string of the molecule is CCC(C)C(=O)Nc1ccc2ccccc2c1. The Hall–Kier alpha value is -1.83. The first kappa shape index (κ1) is 11.6. The molecular formula is C15H17NO. The standard InChI is InChI=1S/C15H17NO/c1-3-11(2)15(17)16-14-9-8-12-6-4-5-7-13(12)10-14/h4-11H,3H2,1-2H3,(H,16,17). The van der Waals surface area contributed by atoms with Gasteiger partial charge in [0.25, 0.3) is 0 Å². The number of rotatable bonds is 3. The molecule has 0 saturated carbocycles. The lowest BCUT2D eigenvalue weighted by Crippen LogP contribution is -2.19. The van der Waals surface area contributed by atoms with Gasteiger partial charge in [0.05, 0.1) is 0 Å². The van der Waals surface area contributed by atoms with E-state index in [1.54, 1.807) is 0 Å². The average molecular weight is 227 g/mol. The third-order valence-corrected chi connectivity index (χ3v) is 3.08. The van der Waals surface area contributed by atoms with Crippen LogP contribution in [0.3, 0.4) is 0 Å². The van der Waals surface area contributed by atoms with Crippen molar-refractivity contribution in [1.82, 2.24) is 0 Å². The minimum Gasteiger partial charge on any atom is -0.326 e. The minimum absolute atomic E-state index is 0.0569. The first-order valence-corrected chi connectivity index (χ1v) is 6.00. The van der Waals surface area contributed by atoms with Gasteiger partial charge in [0.15, 0.2) is 0 Å². The summed E-state index contributed by atoms with van der Waals surface area (Å²) < 4.78 is 0. The van der Waals surface area contributed by atoms with E-state index in [2.05, 4.69) is 11.4 Å². The quantitative estimate of drug-likeness (QED) is 0.848. The number of hydrogen-bond donors (Lipinski definition) is 1. The van der Waals surface area contributed by atoms with Crippen molar-refractivity contribution in [2.75, 3.05) is 5.32 Å². The number of carbonyl (C=O) groups excluding carboxylic acids is 1. The Labute approximate surface area is 102 Å². The third kappa shape index (κ3) is 2.64. The molecule has 0 saturated heterocycles. The van der Waals surface area contributed by atoms with Crippen molar-refractivity contribution in [2.45, 2.75) is 20.3 Å². The second-order valence-corrected chi connectivity index (χ2v) is 4.36. The molecule has 0 aliphatic heterocycles. The van der Waals surface area contributed by atoms with E-state index in [0.29, 0.717) is 0 Å². The van der Waals surface area contributed by atoms with Crippen LogP contribution in [0.4, 0.5) is 5.69 Å². The van der Waals surface area contributed by atoms with Crippen LogP contribution in [0.5, 0.6) is 0 Å². The molecule has 88 valence electrons. The van der Waals surface area contributed by atoms with Crippen molar-refractivity contribution < 1.29 is 4.79 Å². The van der Waals surface area contributed by atoms with E-state index in [4.69, 9.17) is 0 Å². The lowest BCUT2D eigenvalue weighted by Gasteiger charge is -2.10. The van der Waals surface area contributed by atoms with Gasteiger partial charge in [0.2, 0.25) is 5.91 Å². The first-order chi connectivity index (χ1) is 8.20. The highest BCUT2D eigenvalue weighted by molar-refractivity contribution is 5.95. The molecule has 2 rings (SSSR count). The summed E-state index contributed by atoms with van der Waals surface area (Å²) in [5.41, 5.74) is 0.869. The van der Waals surface area contributed by atoms with E-state index in [1.165, 1.54) is 5.39 Å². The maximum Gasteiger partial charge on any atom is 0.227 e. The van der Waals surface area contributed by atoms with Crippen molar-refractivity contribution in [1.29, 1.82) is 0 Å². The fourth-order valence-corrected chi connectivity index (χ4v) is 1.72. The van der Waals surface area contributed by atoms with Crippen molar-refractivity contribution in [3.05, 3.63) is 42.5 Å². The highest BCUT2D eigenvalue weighted by atomic mass is 16.1. The molecule has 0 bridgehead atoms. The van der Waals surface area contributed by atoms with E-state index in [1.807, 2.05) is 50.2 Å². The number of hydrogen-bond acceptors (Lipinski definition) is 1. The van der Waals surface area contributed by atoms with Crippen molar-refractivity contribution in [2.24, 2.45) is 5.92 Å². The molecule has 2 aromatic carbocycles. The Bertz CT molecular complexity index is 533. The zero-order valence-electron chi connectivity index (χ0n) is 10.2.